The van der Waals surface area contributed by atoms with E-state index in [-0.39, 0.29) is 17.3 Å². The fraction of sp³-hybridized carbons (Fsp3) is 0.136. The van der Waals surface area contributed by atoms with E-state index in [4.69, 9.17) is 4.74 Å². The highest BCUT2D eigenvalue weighted by molar-refractivity contribution is 8.00. The molecule has 1 fully saturated rings. The molecule has 4 rings (SSSR count). The molecule has 0 unspecified atom stereocenters. The molecule has 0 spiro atoms. The molecule has 1 aliphatic heterocycles. The molecule has 3 atom stereocenters. The molecule has 3 nitrogen and oxygen atoms in total. The van der Waals surface area contributed by atoms with Gasteiger partial charge in [0.2, 0.25) is 5.91 Å². The lowest BCUT2D eigenvalue weighted by molar-refractivity contribution is -0.141. The van der Waals surface area contributed by atoms with Crippen molar-refractivity contribution in [1.82, 2.24) is 5.32 Å². The molecule has 0 aromatic heterocycles. The van der Waals surface area contributed by atoms with Gasteiger partial charge in [-0.3, -0.25) is 4.79 Å². The number of amides is 1. The second kappa shape index (κ2) is 7.77. The summed E-state index contributed by atoms with van der Waals surface area (Å²) in [6.45, 7) is 0. The van der Waals surface area contributed by atoms with Gasteiger partial charge in [0.15, 0.2) is 6.23 Å². The minimum atomic E-state index is -0.443. The molecule has 1 aliphatic rings. The number of carbonyl (C=O) groups excluding carboxylic acids is 1. The Bertz CT molecular complexity index is 855. The van der Waals surface area contributed by atoms with E-state index < -0.39 is 6.23 Å². The summed E-state index contributed by atoms with van der Waals surface area (Å²) in [4.78, 5) is 14.0. The van der Waals surface area contributed by atoms with Crippen molar-refractivity contribution < 1.29 is 9.53 Å². The summed E-state index contributed by atoms with van der Waals surface area (Å²) in [5, 5.41) is 2.67. The van der Waals surface area contributed by atoms with E-state index in [1.54, 1.807) is 0 Å². The minimum absolute atomic E-state index is 0.00666. The lowest BCUT2D eigenvalue weighted by Gasteiger charge is -2.36. The molecule has 0 saturated carbocycles. The van der Waals surface area contributed by atoms with Crippen LogP contribution in [0.5, 0.6) is 0 Å². The molecule has 3 aromatic rings. The largest absolute Gasteiger partial charge is 0.345 e. The van der Waals surface area contributed by atoms with E-state index in [2.05, 4.69) is 5.32 Å². The van der Waals surface area contributed by atoms with E-state index in [1.807, 2.05) is 91.0 Å². The zero-order valence-electron chi connectivity index (χ0n) is 14.1. The number of benzene rings is 3. The molecule has 4 heteroatoms. The Morgan fingerprint density at radius 1 is 0.731 bits per heavy atom. The highest BCUT2D eigenvalue weighted by atomic mass is 32.2. The maximum Gasteiger partial charge on any atom is 0.238 e. The fourth-order valence-corrected chi connectivity index (χ4v) is 4.18. The molecule has 1 heterocycles. The Balaban J connectivity index is 1.65. The van der Waals surface area contributed by atoms with E-state index in [0.717, 1.165) is 16.0 Å². The van der Waals surface area contributed by atoms with Crippen molar-refractivity contribution in [3.63, 3.8) is 0 Å². The van der Waals surface area contributed by atoms with Gasteiger partial charge in [-0.15, -0.1) is 11.8 Å². The third-order valence-electron chi connectivity index (χ3n) is 4.33. The number of hydrogen-bond acceptors (Lipinski definition) is 3. The van der Waals surface area contributed by atoms with Crippen molar-refractivity contribution in [3.05, 3.63) is 102 Å². The topological polar surface area (TPSA) is 38.3 Å². The molecular formula is C22H19NO2S. The number of rotatable bonds is 4. The Morgan fingerprint density at radius 3 is 1.88 bits per heavy atom. The molecular weight excluding hydrogens is 342 g/mol. The average molecular weight is 361 g/mol. The van der Waals surface area contributed by atoms with Crippen LogP contribution in [0.1, 0.15) is 23.5 Å². The Kier molecular flexibility index (Phi) is 5.04. The summed E-state index contributed by atoms with van der Waals surface area (Å²) in [7, 11) is 0. The van der Waals surface area contributed by atoms with Crippen LogP contribution in [0.25, 0.3) is 0 Å². The summed E-state index contributed by atoms with van der Waals surface area (Å²) < 4.78 is 6.36. The zero-order valence-corrected chi connectivity index (χ0v) is 14.9. The van der Waals surface area contributed by atoms with Crippen molar-refractivity contribution in [1.29, 1.82) is 0 Å². The summed E-state index contributed by atoms with van der Waals surface area (Å²) >= 11 is 1.54. The van der Waals surface area contributed by atoms with E-state index in [0.29, 0.717) is 0 Å². The molecule has 1 amide bonds. The van der Waals surface area contributed by atoms with Gasteiger partial charge in [-0.2, -0.15) is 0 Å². The molecule has 0 bridgehead atoms. The third kappa shape index (κ3) is 3.66. The lowest BCUT2D eigenvalue weighted by atomic mass is 10.0. The second-order valence-corrected chi connectivity index (χ2v) is 7.33. The maximum atomic E-state index is 13.0. The highest BCUT2D eigenvalue weighted by Crippen LogP contribution is 2.40. The maximum absolute atomic E-state index is 13.0. The predicted molar refractivity (Wildman–Crippen MR) is 104 cm³/mol. The average Bonchev–Trinajstić information content (AvgIpc) is 2.71. The number of hydrogen-bond donors (Lipinski definition) is 1. The van der Waals surface area contributed by atoms with E-state index in [1.165, 1.54) is 11.8 Å². The first kappa shape index (κ1) is 16.9. The summed E-state index contributed by atoms with van der Waals surface area (Å²) in [5.74, 6) is -0.00666. The Hall–Kier alpha value is -2.56. The minimum Gasteiger partial charge on any atom is -0.345 e. The van der Waals surface area contributed by atoms with Crippen molar-refractivity contribution >= 4 is 17.7 Å². The first-order valence-electron chi connectivity index (χ1n) is 8.59. The van der Waals surface area contributed by atoms with Crippen molar-refractivity contribution in [3.8, 4) is 0 Å². The van der Waals surface area contributed by atoms with Gasteiger partial charge in [-0.1, -0.05) is 78.9 Å². The van der Waals surface area contributed by atoms with Gasteiger partial charge >= 0.3 is 0 Å². The van der Waals surface area contributed by atoms with Gasteiger partial charge in [0.25, 0.3) is 0 Å². The van der Waals surface area contributed by atoms with E-state index >= 15 is 0 Å². The van der Waals surface area contributed by atoms with Gasteiger partial charge in [-0.05, 0) is 17.7 Å². The Labute approximate surface area is 157 Å². The van der Waals surface area contributed by atoms with Gasteiger partial charge in [-0.25, -0.2) is 0 Å². The van der Waals surface area contributed by atoms with Crippen LogP contribution < -0.4 is 5.32 Å². The van der Waals surface area contributed by atoms with E-state index in [9.17, 15) is 4.79 Å². The summed E-state index contributed by atoms with van der Waals surface area (Å²) in [6.07, 6.45) is -0.762. The van der Waals surface area contributed by atoms with Crippen molar-refractivity contribution in [2.75, 3.05) is 0 Å². The molecule has 1 N–H and O–H groups in total. The highest BCUT2D eigenvalue weighted by Gasteiger charge is 2.39. The molecule has 26 heavy (non-hydrogen) atoms. The quantitative estimate of drug-likeness (QED) is 0.730. The van der Waals surface area contributed by atoms with Gasteiger partial charge in [0.1, 0.15) is 11.4 Å². The number of carbonyl (C=O) groups is 1. The molecule has 130 valence electrons. The first-order valence-corrected chi connectivity index (χ1v) is 9.47. The van der Waals surface area contributed by atoms with Crippen LogP contribution in [0, 0.1) is 0 Å². The number of ether oxygens (including phenoxy) is 1. The van der Waals surface area contributed by atoms with Crippen LogP contribution in [-0.2, 0) is 9.53 Å². The predicted octanol–water partition coefficient (Wildman–Crippen LogP) is 4.73. The molecule has 0 radical (unpaired) electrons. The zero-order chi connectivity index (χ0) is 17.8. The molecule has 1 saturated heterocycles. The van der Waals surface area contributed by atoms with Crippen LogP contribution in [0.2, 0.25) is 0 Å². The molecule has 0 aliphatic carbocycles. The van der Waals surface area contributed by atoms with Crippen LogP contribution in [0.15, 0.2) is 95.9 Å². The fourth-order valence-electron chi connectivity index (χ4n) is 3.05. The standard InChI is InChI=1S/C22H19NO2S/c24-21-20(26-18-14-8-3-9-15-18)19(16-10-4-1-5-11-16)25-22(23-21)17-12-6-2-7-13-17/h1-15,19-20,22H,(H,23,24)/t19-,20+,22+/m1/s1. The SMILES string of the molecule is O=C1N[C@H](c2ccccc2)O[C@H](c2ccccc2)[C@@H]1Sc1ccccc1. The monoisotopic (exact) mass is 361 g/mol. The summed E-state index contributed by atoms with van der Waals surface area (Å²) in [5.41, 5.74) is 1.96. The normalized spacial score (nSPS) is 22.6. The van der Waals surface area contributed by atoms with Crippen LogP contribution >= 0.6 is 11.8 Å². The van der Waals surface area contributed by atoms with Gasteiger partial charge < -0.3 is 10.1 Å². The second-order valence-electron chi connectivity index (χ2n) is 6.12. The van der Waals surface area contributed by atoms with Crippen LogP contribution in [0.4, 0.5) is 0 Å². The smallest absolute Gasteiger partial charge is 0.238 e. The van der Waals surface area contributed by atoms with Gasteiger partial charge in [0.05, 0.1) is 0 Å². The van der Waals surface area contributed by atoms with Crippen molar-refractivity contribution in [2.45, 2.75) is 22.5 Å². The molecule has 3 aromatic carbocycles. The third-order valence-corrected chi connectivity index (χ3v) is 5.59. The van der Waals surface area contributed by atoms with Gasteiger partial charge in [0, 0.05) is 10.5 Å². The summed E-state index contributed by atoms with van der Waals surface area (Å²) in [6, 6.07) is 29.7. The lowest BCUT2D eigenvalue weighted by Crippen LogP contribution is -2.46. The Morgan fingerprint density at radius 2 is 1.27 bits per heavy atom. The van der Waals surface area contributed by atoms with Crippen LogP contribution in [-0.4, -0.2) is 11.2 Å². The first-order chi connectivity index (χ1) is 12.8. The number of nitrogens with one attached hydrogen (secondary N) is 1. The number of thioether (sulfide) groups is 1. The van der Waals surface area contributed by atoms with Crippen molar-refractivity contribution in [2.24, 2.45) is 0 Å². The van der Waals surface area contributed by atoms with Crippen LogP contribution in [0.3, 0.4) is 0 Å².